The van der Waals surface area contributed by atoms with Crippen LogP contribution in [-0.4, -0.2) is 25.9 Å². The third kappa shape index (κ3) is 2.91. The standard InChI is InChI=1S/C13H18O4S/c1-18(15,16)17-12-9-5-6-10-13(12,14)11-7-3-2-4-8-11/h2-4,7-8,12,14H,5-6,9-10H2,1H3/t12-,13+/m0/s1. The van der Waals surface area contributed by atoms with E-state index in [4.69, 9.17) is 4.18 Å². The fourth-order valence-corrected chi connectivity index (χ4v) is 3.20. The van der Waals surface area contributed by atoms with Crippen molar-refractivity contribution in [3.63, 3.8) is 0 Å². The first-order valence-corrected chi connectivity index (χ1v) is 7.90. The summed E-state index contributed by atoms with van der Waals surface area (Å²) in [6.07, 6.45) is 3.15. The van der Waals surface area contributed by atoms with Crippen molar-refractivity contribution < 1.29 is 17.7 Å². The lowest BCUT2D eigenvalue weighted by Crippen LogP contribution is -2.44. The number of hydrogen-bond donors (Lipinski definition) is 1. The Bertz CT molecular complexity index is 497. The van der Waals surface area contributed by atoms with Crippen LogP contribution in [0.2, 0.25) is 0 Å². The van der Waals surface area contributed by atoms with E-state index in [0.29, 0.717) is 12.8 Å². The summed E-state index contributed by atoms with van der Waals surface area (Å²) in [5, 5.41) is 10.8. The Hall–Kier alpha value is -0.910. The Balaban J connectivity index is 2.32. The smallest absolute Gasteiger partial charge is 0.264 e. The molecule has 18 heavy (non-hydrogen) atoms. The van der Waals surface area contributed by atoms with Crippen LogP contribution in [0.15, 0.2) is 30.3 Å². The molecule has 0 heterocycles. The lowest BCUT2D eigenvalue weighted by atomic mass is 9.77. The Morgan fingerprint density at radius 2 is 1.94 bits per heavy atom. The minimum Gasteiger partial charge on any atom is -0.382 e. The largest absolute Gasteiger partial charge is 0.382 e. The van der Waals surface area contributed by atoms with Crippen LogP contribution in [0, 0.1) is 0 Å². The van der Waals surface area contributed by atoms with Gasteiger partial charge in [-0.1, -0.05) is 43.2 Å². The molecule has 0 saturated heterocycles. The highest BCUT2D eigenvalue weighted by molar-refractivity contribution is 7.86. The Kier molecular flexibility index (Phi) is 3.75. The molecule has 1 fully saturated rings. The van der Waals surface area contributed by atoms with E-state index in [1.165, 1.54) is 0 Å². The molecule has 2 atom stereocenters. The van der Waals surface area contributed by atoms with Crippen LogP contribution >= 0.6 is 0 Å². The van der Waals surface area contributed by atoms with Crippen molar-refractivity contribution in [2.75, 3.05) is 6.26 Å². The molecule has 0 radical (unpaired) electrons. The molecule has 4 nitrogen and oxygen atoms in total. The summed E-state index contributed by atoms with van der Waals surface area (Å²) in [6, 6.07) is 9.15. The SMILES string of the molecule is CS(=O)(=O)O[C@H]1CCCC[C@@]1(O)c1ccccc1. The predicted molar refractivity (Wildman–Crippen MR) is 68.5 cm³/mol. The van der Waals surface area contributed by atoms with Gasteiger partial charge in [0.15, 0.2) is 0 Å². The van der Waals surface area contributed by atoms with Crippen molar-refractivity contribution in [3.8, 4) is 0 Å². The van der Waals surface area contributed by atoms with Gasteiger partial charge in [0, 0.05) is 0 Å². The van der Waals surface area contributed by atoms with Crippen molar-refractivity contribution in [1.82, 2.24) is 0 Å². The van der Waals surface area contributed by atoms with Gasteiger partial charge in [-0.3, -0.25) is 4.18 Å². The minimum atomic E-state index is -3.56. The molecule has 0 spiro atoms. The third-order valence-corrected chi connectivity index (χ3v) is 3.95. The van der Waals surface area contributed by atoms with Crippen LogP contribution in [0.3, 0.4) is 0 Å². The van der Waals surface area contributed by atoms with E-state index in [1.807, 2.05) is 30.3 Å². The topological polar surface area (TPSA) is 63.6 Å². The average molecular weight is 270 g/mol. The van der Waals surface area contributed by atoms with Crippen LogP contribution < -0.4 is 0 Å². The second kappa shape index (κ2) is 4.99. The van der Waals surface area contributed by atoms with Gasteiger partial charge in [-0.15, -0.1) is 0 Å². The highest BCUT2D eigenvalue weighted by atomic mass is 32.2. The molecule has 1 aliphatic rings. The molecule has 100 valence electrons. The van der Waals surface area contributed by atoms with Crippen molar-refractivity contribution in [3.05, 3.63) is 35.9 Å². The van der Waals surface area contributed by atoms with Crippen molar-refractivity contribution in [2.45, 2.75) is 37.4 Å². The molecule has 0 amide bonds. The predicted octanol–water partition coefficient (Wildman–Crippen LogP) is 1.79. The molecule has 0 bridgehead atoms. The van der Waals surface area contributed by atoms with E-state index in [9.17, 15) is 13.5 Å². The van der Waals surface area contributed by atoms with Gasteiger partial charge in [-0.05, 0) is 18.4 Å². The second-order valence-corrected chi connectivity index (χ2v) is 6.43. The summed E-state index contributed by atoms with van der Waals surface area (Å²) < 4.78 is 27.6. The van der Waals surface area contributed by atoms with Crippen LogP contribution in [-0.2, 0) is 19.9 Å². The molecule has 1 saturated carbocycles. The summed E-state index contributed by atoms with van der Waals surface area (Å²) in [5.41, 5.74) is -0.485. The molecule has 1 aromatic carbocycles. The fourth-order valence-electron chi connectivity index (χ4n) is 2.52. The quantitative estimate of drug-likeness (QED) is 0.851. The van der Waals surface area contributed by atoms with E-state index in [2.05, 4.69) is 0 Å². The molecule has 1 aliphatic carbocycles. The van der Waals surface area contributed by atoms with Gasteiger partial charge in [-0.25, -0.2) is 0 Å². The van der Waals surface area contributed by atoms with Crippen molar-refractivity contribution >= 4 is 10.1 Å². The maximum absolute atomic E-state index is 11.3. The summed E-state index contributed by atoms with van der Waals surface area (Å²) in [5.74, 6) is 0. The molecular weight excluding hydrogens is 252 g/mol. The van der Waals surface area contributed by atoms with Crippen molar-refractivity contribution in [1.29, 1.82) is 0 Å². The lowest BCUT2D eigenvalue weighted by Gasteiger charge is -2.39. The van der Waals surface area contributed by atoms with Gasteiger partial charge < -0.3 is 5.11 Å². The number of aliphatic hydroxyl groups is 1. The zero-order chi connectivity index (χ0) is 13.2. The number of benzene rings is 1. The van der Waals surface area contributed by atoms with E-state index in [0.717, 1.165) is 24.7 Å². The molecule has 0 aromatic heterocycles. The van der Waals surface area contributed by atoms with Crippen LogP contribution in [0.25, 0.3) is 0 Å². The molecule has 1 N–H and O–H groups in total. The Morgan fingerprint density at radius 1 is 1.28 bits per heavy atom. The first-order chi connectivity index (χ1) is 8.42. The highest BCUT2D eigenvalue weighted by Gasteiger charge is 2.42. The van der Waals surface area contributed by atoms with E-state index in [1.54, 1.807) is 0 Å². The molecule has 0 unspecified atom stereocenters. The van der Waals surface area contributed by atoms with Gasteiger partial charge in [0.05, 0.1) is 6.26 Å². The summed E-state index contributed by atoms with van der Waals surface area (Å²) in [7, 11) is -3.56. The maximum Gasteiger partial charge on any atom is 0.264 e. The van der Waals surface area contributed by atoms with Gasteiger partial charge in [0.2, 0.25) is 0 Å². The van der Waals surface area contributed by atoms with Crippen LogP contribution in [0.1, 0.15) is 31.2 Å². The Labute approximate surface area is 108 Å². The lowest BCUT2D eigenvalue weighted by molar-refractivity contribution is -0.0907. The van der Waals surface area contributed by atoms with Crippen LogP contribution in [0.5, 0.6) is 0 Å². The molecule has 0 aliphatic heterocycles. The zero-order valence-corrected chi connectivity index (χ0v) is 11.2. The molecule has 2 rings (SSSR count). The maximum atomic E-state index is 11.3. The average Bonchev–Trinajstić information content (AvgIpc) is 2.32. The fraction of sp³-hybridized carbons (Fsp3) is 0.538. The van der Waals surface area contributed by atoms with Crippen LogP contribution in [0.4, 0.5) is 0 Å². The summed E-state index contributed by atoms with van der Waals surface area (Å²) in [6.45, 7) is 0. The highest BCUT2D eigenvalue weighted by Crippen LogP contribution is 2.39. The number of hydrogen-bond acceptors (Lipinski definition) is 4. The van der Waals surface area contributed by atoms with Gasteiger partial charge >= 0.3 is 0 Å². The van der Waals surface area contributed by atoms with E-state index in [-0.39, 0.29) is 0 Å². The summed E-state index contributed by atoms with van der Waals surface area (Å²) >= 11 is 0. The minimum absolute atomic E-state index is 0.525. The van der Waals surface area contributed by atoms with E-state index < -0.39 is 21.8 Å². The third-order valence-electron chi connectivity index (χ3n) is 3.37. The summed E-state index contributed by atoms with van der Waals surface area (Å²) in [4.78, 5) is 0. The van der Waals surface area contributed by atoms with Gasteiger partial charge in [0.1, 0.15) is 11.7 Å². The first-order valence-electron chi connectivity index (χ1n) is 6.08. The van der Waals surface area contributed by atoms with Gasteiger partial charge in [-0.2, -0.15) is 8.42 Å². The van der Waals surface area contributed by atoms with E-state index >= 15 is 0 Å². The van der Waals surface area contributed by atoms with Gasteiger partial charge in [0.25, 0.3) is 10.1 Å². The molecular formula is C13H18O4S. The normalized spacial score (nSPS) is 29.1. The zero-order valence-electron chi connectivity index (χ0n) is 10.4. The second-order valence-electron chi connectivity index (χ2n) is 4.83. The first kappa shape index (κ1) is 13.5. The number of rotatable bonds is 3. The monoisotopic (exact) mass is 270 g/mol. The molecule has 1 aromatic rings. The molecule has 5 heteroatoms. The van der Waals surface area contributed by atoms with Crippen molar-refractivity contribution in [2.24, 2.45) is 0 Å². The Morgan fingerprint density at radius 3 is 2.56 bits per heavy atom.